The zero-order valence-corrected chi connectivity index (χ0v) is 15.1. The fourth-order valence-electron chi connectivity index (χ4n) is 3.36. The lowest BCUT2D eigenvalue weighted by Gasteiger charge is -2.14. The monoisotopic (exact) mass is 346 g/mol. The predicted molar refractivity (Wildman–Crippen MR) is 107 cm³/mol. The molecule has 4 heteroatoms. The van der Waals surface area contributed by atoms with Crippen LogP contribution in [0.1, 0.15) is 54.4 Å². The fraction of sp³-hybridized carbons (Fsp3) is 0.364. The van der Waals surface area contributed by atoms with Crippen LogP contribution in [-0.4, -0.2) is 5.71 Å². The highest BCUT2D eigenvalue weighted by Crippen LogP contribution is 2.34. The minimum Gasteiger partial charge on any atom is -0.399 e. The van der Waals surface area contributed by atoms with Crippen LogP contribution in [0.3, 0.4) is 0 Å². The van der Waals surface area contributed by atoms with Crippen molar-refractivity contribution >= 4 is 17.1 Å². The van der Waals surface area contributed by atoms with Crippen LogP contribution < -0.4 is 11.5 Å². The van der Waals surface area contributed by atoms with Crippen molar-refractivity contribution < 1.29 is 0 Å². The van der Waals surface area contributed by atoms with Crippen molar-refractivity contribution in [3.63, 3.8) is 0 Å². The molecule has 0 amide bonds. The fourth-order valence-corrected chi connectivity index (χ4v) is 3.36. The number of nitrogens with two attached hydrogens (primary N) is 2. The molecule has 2 aromatic rings. The van der Waals surface area contributed by atoms with E-state index in [1.54, 1.807) is 18.2 Å². The van der Waals surface area contributed by atoms with Gasteiger partial charge in [-0.15, -0.1) is 0 Å². The molecule has 2 aromatic carbocycles. The van der Waals surface area contributed by atoms with Gasteiger partial charge in [0.2, 0.25) is 0 Å². The third-order valence-electron chi connectivity index (χ3n) is 5.07. The molecule has 2 aliphatic rings. The molecule has 1 saturated carbocycles. The normalized spacial score (nSPS) is 15.2. The van der Waals surface area contributed by atoms with E-state index < -0.39 is 0 Å². The number of fused-ring (bicyclic) bond motifs is 1. The molecule has 2 aliphatic carbocycles. The first-order chi connectivity index (χ1) is 12.6. The molecule has 4 nitrogen and oxygen atoms in total. The number of nitrogens with zero attached hydrogens (tertiary/aromatic N) is 1. The van der Waals surface area contributed by atoms with Crippen LogP contribution in [0.4, 0.5) is 11.4 Å². The number of nitrogen functional groups attached to an aromatic ring is 2. The second kappa shape index (κ2) is 8.05. The van der Waals surface area contributed by atoms with Gasteiger partial charge >= 0.3 is 0 Å². The van der Waals surface area contributed by atoms with Gasteiger partial charge in [-0.05, 0) is 92.3 Å². The lowest BCUT2D eigenvalue weighted by Crippen LogP contribution is -2.05. The maximum absolute atomic E-state index is 8.69. The molecule has 134 valence electrons. The van der Waals surface area contributed by atoms with E-state index in [4.69, 9.17) is 22.1 Å². The Hall–Kier alpha value is -2.80. The predicted octanol–water partition coefficient (Wildman–Crippen LogP) is 4.46. The summed E-state index contributed by atoms with van der Waals surface area (Å²) in [6.07, 6.45) is 8.29. The molecule has 5 N–H and O–H groups in total. The topological polar surface area (TPSA) is 99.7 Å². The van der Waals surface area contributed by atoms with E-state index in [0.29, 0.717) is 23.0 Å². The smallest absolute Gasteiger partial charge is 0.0991 e. The Balaban J connectivity index is 0.000000152. The van der Waals surface area contributed by atoms with Gasteiger partial charge in [0.05, 0.1) is 11.6 Å². The second-order valence-corrected chi connectivity index (χ2v) is 7.28. The first-order valence-corrected chi connectivity index (χ1v) is 9.31. The van der Waals surface area contributed by atoms with Gasteiger partial charge in [-0.3, -0.25) is 0 Å². The number of hydrogen-bond acceptors (Lipinski definition) is 4. The van der Waals surface area contributed by atoms with Crippen LogP contribution in [0.5, 0.6) is 0 Å². The lowest BCUT2D eigenvalue weighted by molar-refractivity contribution is 0.685. The van der Waals surface area contributed by atoms with E-state index in [9.17, 15) is 0 Å². The van der Waals surface area contributed by atoms with Gasteiger partial charge in [-0.1, -0.05) is 6.07 Å². The Labute approximate surface area is 155 Å². The maximum Gasteiger partial charge on any atom is 0.0991 e. The van der Waals surface area contributed by atoms with Crippen LogP contribution in [0.2, 0.25) is 0 Å². The highest BCUT2D eigenvalue weighted by atomic mass is 14.6. The number of anilines is 2. The summed E-state index contributed by atoms with van der Waals surface area (Å²) < 4.78 is 0. The van der Waals surface area contributed by atoms with Gasteiger partial charge in [0.25, 0.3) is 0 Å². The average Bonchev–Trinajstić information content (AvgIpc) is 3.47. The van der Waals surface area contributed by atoms with Crippen molar-refractivity contribution in [2.45, 2.75) is 44.9 Å². The summed E-state index contributed by atoms with van der Waals surface area (Å²) in [5, 5.41) is 16.6. The highest BCUT2D eigenvalue weighted by Gasteiger charge is 2.23. The highest BCUT2D eigenvalue weighted by molar-refractivity contribution is 6.03. The quantitative estimate of drug-likeness (QED) is 0.565. The van der Waals surface area contributed by atoms with Crippen LogP contribution in [-0.2, 0) is 12.8 Å². The van der Waals surface area contributed by atoms with Crippen molar-refractivity contribution in [3.8, 4) is 6.07 Å². The number of nitriles is 1. The Morgan fingerprint density at radius 1 is 1.04 bits per heavy atom. The number of benzene rings is 2. The van der Waals surface area contributed by atoms with E-state index >= 15 is 0 Å². The summed E-state index contributed by atoms with van der Waals surface area (Å²) in [4.78, 5) is 0. The van der Waals surface area contributed by atoms with Crippen LogP contribution in [0.25, 0.3) is 0 Å². The van der Waals surface area contributed by atoms with Crippen molar-refractivity contribution in [1.29, 1.82) is 10.7 Å². The molecular weight excluding hydrogens is 320 g/mol. The van der Waals surface area contributed by atoms with Gasteiger partial charge < -0.3 is 16.9 Å². The molecule has 0 aromatic heterocycles. The Kier molecular flexibility index (Phi) is 5.58. The minimum atomic E-state index is 0.623. The Morgan fingerprint density at radius 2 is 1.77 bits per heavy atom. The van der Waals surface area contributed by atoms with Crippen molar-refractivity contribution in [2.75, 3.05) is 11.5 Å². The molecule has 0 saturated heterocycles. The SMILES string of the molecule is N#Cc1ccc2c(c1)CCCC2.N=C(CC1CC1)c1cc(N)ccc1N. The summed E-state index contributed by atoms with van der Waals surface area (Å²) in [6, 6.07) is 13.6. The summed E-state index contributed by atoms with van der Waals surface area (Å²) in [7, 11) is 0. The Morgan fingerprint density at radius 3 is 2.46 bits per heavy atom. The molecule has 26 heavy (non-hydrogen) atoms. The molecular formula is C22H26N4. The van der Waals surface area contributed by atoms with Crippen LogP contribution in [0.15, 0.2) is 36.4 Å². The van der Waals surface area contributed by atoms with Crippen LogP contribution in [0, 0.1) is 22.7 Å². The standard InChI is InChI=1S/C11H15N3.C11H11N/c12-8-3-4-10(13)9(6-8)11(14)5-7-1-2-7;12-8-9-5-6-10-3-1-2-4-11(10)7-9/h3-4,6-7,14H,1-2,5,12-13H2;5-7H,1-4H2. The van der Waals surface area contributed by atoms with Crippen molar-refractivity contribution in [3.05, 3.63) is 58.7 Å². The largest absolute Gasteiger partial charge is 0.399 e. The molecule has 1 fully saturated rings. The van der Waals surface area contributed by atoms with Gasteiger partial charge in [-0.25, -0.2) is 0 Å². The third kappa shape index (κ3) is 4.64. The minimum absolute atomic E-state index is 0.623. The number of rotatable bonds is 3. The van der Waals surface area contributed by atoms with E-state index in [0.717, 1.165) is 24.0 Å². The van der Waals surface area contributed by atoms with E-state index in [-0.39, 0.29) is 0 Å². The van der Waals surface area contributed by atoms with E-state index in [1.807, 2.05) is 12.1 Å². The molecule has 0 radical (unpaired) electrons. The molecule has 0 heterocycles. The van der Waals surface area contributed by atoms with Gasteiger partial charge in [0.1, 0.15) is 0 Å². The average molecular weight is 346 g/mol. The zero-order chi connectivity index (χ0) is 18.5. The van der Waals surface area contributed by atoms with Crippen molar-refractivity contribution in [2.24, 2.45) is 5.92 Å². The molecule has 0 unspecified atom stereocenters. The molecule has 0 bridgehead atoms. The molecule has 0 atom stereocenters. The Bertz CT molecular complexity index is 844. The maximum atomic E-state index is 8.69. The molecule has 4 rings (SSSR count). The molecule has 0 aliphatic heterocycles. The third-order valence-corrected chi connectivity index (χ3v) is 5.07. The molecule has 0 spiro atoms. The van der Waals surface area contributed by atoms with Gasteiger partial charge in [-0.2, -0.15) is 5.26 Å². The lowest BCUT2D eigenvalue weighted by atomic mass is 9.91. The zero-order valence-electron chi connectivity index (χ0n) is 15.1. The summed E-state index contributed by atoms with van der Waals surface area (Å²) in [5.41, 5.74) is 17.8. The number of nitrogens with one attached hydrogen (secondary N) is 1. The van der Waals surface area contributed by atoms with Gasteiger partial charge in [0.15, 0.2) is 0 Å². The first-order valence-electron chi connectivity index (χ1n) is 9.31. The van der Waals surface area contributed by atoms with Crippen molar-refractivity contribution in [1.82, 2.24) is 0 Å². The number of aryl methyl sites for hydroxylation is 2. The van der Waals surface area contributed by atoms with E-state index in [2.05, 4.69) is 12.1 Å². The summed E-state index contributed by atoms with van der Waals surface area (Å²) in [5.74, 6) is 0.711. The summed E-state index contributed by atoms with van der Waals surface area (Å²) in [6.45, 7) is 0. The number of hydrogen-bond donors (Lipinski definition) is 3. The second-order valence-electron chi connectivity index (χ2n) is 7.28. The van der Waals surface area contributed by atoms with E-state index in [1.165, 1.54) is 43.2 Å². The van der Waals surface area contributed by atoms with Crippen LogP contribution >= 0.6 is 0 Å². The van der Waals surface area contributed by atoms with Gasteiger partial charge in [0, 0.05) is 22.6 Å². The first kappa shape index (κ1) is 18.0. The summed E-state index contributed by atoms with van der Waals surface area (Å²) >= 11 is 0.